The van der Waals surface area contributed by atoms with Gasteiger partial charge < -0.3 is 5.32 Å². The molecule has 0 saturated carbocycles. The average Bonchev–Trinajstić information content (AvgIpc) is 2.26. The molecule has 1 aromatic rings. The van der Waals surface area contributed by atoms with Crippen LogP contribution in [0.3, 0.4) is 0 Å². The Hall–Kier alpha value is -1.05. The van der Waals surface area contributed by atoms with Crippen LogP contribution in [0, 0.1) is 11.6 Å². The van der Waals surface area contributed by atoms with Crippen LogP contribution < -0.4 is 10.0 Å². The first kappa shape index (κ1) is 18.0. The molecule has 0 aliphatic heterocycles. The monoisotopic (exact) mass is 320 g/mol. The number of hydrogen-bond donors (Lipinski definition) is 2. The zero-order chi connectivity index (χ0) is 16.4. The first-order valence-electron chi connectivity index (χ1n) is 6.67. The van der Waals surface area contributed by atoms with Gasteiger partial charge in [0.2, 0.25) is 10.0 Å². The molecule has 0 amide bonds. The summed E-state index contributed by atoms with van der Waals surface area (Å²) in [5, 5.41) is 3.03. The van der Waals surface area contributed by atoms with Crippen LogP contribution >= 0.6 is 0 Å². The normalized spacial score (nSPS) is 13.0. The Morgan fingerprint density at radius 2 is 1.76 bits per heavy atom. The summed E-state index contributed by atoms with van der Waals surface area (Å²) in [7, 11) is -4.12. The van der Waals surface area contributed by atoms with E-state index in [-0.39, 0.29) is 12.6 Å². The molecule has 7 heteroatoms. The fourth-order valence-electron chi connectivity index (χ4n) is 1.69. The van der Waals surface area contributed by atoms with E-state index < -0.39 is 32.1 Å². The van der Waals surface area contributed by atoms with Crippen molar-refractivity contribution in [3.63, 3.8) is 0 Å². The summed E-state index contributed by atoms with van der Waals surface area (Å²) in [5.74, 6) is -2.53. The molecule has 2 N–H and O–H groups in total. The Balaban J connectivity index is 3.22. The third-order valence-electron chi connectivity index (χ3n) is 2.50. The second kappa shape index (κ2) is 6.37. The van der Waals surface area contributed by atoms with Gasteiger partial charge in [-0.05, 0) is 38.5 Å². The van der Waals surface area contributed by atoms with E-state index in [0.29, 0.717) is 5.56 Å². The first-order chi connectivity index (χ1) is 9.42. The van der Waals surface area contributed by atoms with Crippen molar-refractivity contribution in [1.82, 2.24) is 10.0 Å². The topological polar surface area (TPSA) is 58.2 Å². The summed E-state index contributed by atoms with van der Waals surface area (Å²) < 4.78 is 54.1. The largest absolute Gasteiger partial charge is 0.310 e. The molecule has 0 radical (unpaired) electrons. The van der Waals surface area contributed by atoms with E-state index in [1.807, 2.05) is 13.8 Å². The Morgan fingerprint density at radius 3 is 2.24 bits per heavy atom. The highest BCUT2D eigenvalue weighted by atomic mass is 32.2. The van der Waals surface area contributed by atoms with Crippen molar-refractivity contribution in [3.05, 3.63) is 29.3 Å². The highest BCUT2D eigenvalue weighted by Gasteiger charge is 2.27. The number of benzene rings is 1. The maximum atomic E-state index is 13.8. The van der Waals surface area contributed by atoms with Gasteiger partial charge in [-0.2, -0.15) is 0 Å². The van der Waals surface area contributed by atoms with Crippen LogP contribution in [0.5, 0.6) is 0 Å². The van der Waals surface area contributed by atoms with Crippen LogP contribution in [0.25, 0.3) is 0 Å². The second-order valence-electron chi connectivity index (χ2n) is 6.28. The molecule has 4 nitrogen and oxygen atoms in total. The Bertz CT molecular complexity index is 608. The minimum absolute atomic E-state index is 0.144. The van der Waals surface area contributed by atoms with Gasteiger partial charge >= 0.3 is 0 Å². The molecule has 1 aromatic carbocycles. The van der Waals surface area contributed by atoms with Crippen LogP contribution in [-0.2, 0) is 16.6 Å². The molecule has 0 spiro atoms. The van der Waals surface area contributed by atoms with E-state index in [0.717, 1.165) is 12.1 Å². The van der Waals surface area contributed by atoms with Crippen LogP contribution in [0.1, 0.15) is 40.2 Å². The molecule has 0 aliphatic carbocycles. The first-order valence-corrected chi connectivity index (χ1v) is 8.16. The summed E-state index contributed by atoms with van der Waals surface area (Å²) >= 11 is 0. The van der Waals surface area contributed by atoms with Gasteiger partial charge in [0.25, 0.3) is 0 Å². The molecule has 0 saturated heterocycles. The molecule has 1 rings (SSSR count). The molecule has 0 heterocycles. The fourth-order valence-corrected chi connectivity index (χ4v) is 3.25. The fraction of sp³-hybridized carbons (Fsp3) is 0.571. The highest BCUT2D eigenvalue weighted by molar-refractivity contribution is 7.89. The van der Waals surface area contributed by atoms with Crippen molar-refractivity contribution in [3.8, 4) is 0 Å². The smallest absolute Gasteiger partial charge is 0.244 e. The molecule has 0 aromatic heterocycles. The molecule has 0 unspecified atom stereocenters. The lowest BCUT2D eigenvalue weighted by atomic mass is 10.1. The van der Waals surface area contributed by atoms with E-state index in [2.05, 4.69) is 10.0 Å². The van der Waals surface area contributed by atoms with Crippen molar-refractivity contribution in [2.75, 3.05) is 0 Å². The predicted molar refractivity (Wildman–Crippen MR) is 78.4 cm³/mol. The van der Waals surface area contributed by atoms with Crippen molar-refractivity contribution in [2.24, 2.45) is 0 Å². The molecule has 21 heavy (non-hydrogen) atoms. The highest BCUT2D eigenvalue weighted by Crippen LogP contribution is 2.21. The Labute approximate surface area is 125 Å². The SMILES string of the molecule is CC(C)NCc1cc(F)c(F)c(S(=O)(=O)NC(C)(C)C)c1. The van der Waals surface area contributed by atoms with Crippen LogP contribution in [0.15, 0.2) is 17.0 Å². The number of nitrogens with one attached hydrogen (secondary N) is 2. The third-order valence-corrected chi connectivity index (χ3v) is 4.26. The van der Waals surface area contributed by atoms with Crippen molar-refractivity contribution < 1.29 is 17.2 Å². The van der Waals surface area contributed by atoms with Crippen molar-refractivity contribution in [1.29, 1.82) is 0 Å². The lowest BCUT2D eigenvalue weighted by Crippen LogP contribution is -2.41. The van der Waals surface area contributed by atoms with Crippen molar-refractivity contribution >= 4 is 10.0 Å². The predicted octanol–water partition coefficient (Wildman–Crippen LogP) is 2.54. The minimum atomic E-state index is -4.12. The zero-order valence-corrected chi connectivity index (χ0v) is 13.7. The molecule has 120 valence electrons. The zero-order valence-electron chi connectivity index (χ0n) is 12.9. The van der Waals surface area contributed by atoms with Gasteiger partial charge in [0.15, 0.2) is 11.6 Å². The summed E-state index contributed by atoms with van der Waals surface area (Å²) in [6.45, 7) is 8.94. The second-order valence-corrected chi connectivity index (χ2v) is 7.93. The van der Waals surface area contributed by atoms with Crippen LogP contribution in [0.2, 0.25) is 0 Å². The van der Waals surface area contributed by atoms with Gasteiger partial charge in [-0.15, -0.1) is 0 Å². The summed E-state index contributed by atoms with van der Waals surface area (Å²) in [6, 6.07) is 2.30. The van der Waals surface area contributed by atoms with Gasteiger partial charge in [-0.1, -0.05) is 13.8 Å². The molecule has 0 bridgehead atoms. The molecule has 0 aliphatic rings. The minimum Gasteiger partial charge on any atom is -0.310 e. The van der Waals surface area contributed by atoms with E-state index in [1.54, 1.807) is 20.8 Å². The molecule has 0 fully saturated rings. The van der Waals surface area contributed by atoms with E-state index in [9.17, 15) is 17.2 Å². The maximum Gasteiger partial charge on any atom is 0.244 e. The van der Waals surface area contributed by atoms with E-state index in [1.165, 1.54) is 0 Å². The molecular formula is C14H22F2N2O2S. The third kappa shape index (κ3) is 5.33. The molecule has 0 atom stereocenters. The quantitative estimate of drug-likeness (QED) is 0.876. The maximum absolute atomic E-state index is 13.8. The van der Waals surface area contributed by atoms with Gasteiger partial charge in [-0.25, -0.2) is 21.9 Å². The van der Waals surface area contributed by atoms with Crippen LogP contribution in [-0.4, -0.2) is 20.0 Å². The van der Waals surface area contributed by atoms with Gasteiger partial charge in [0, 0.05) is 18.1 Å². The van der Waals surface area contributed by atoms with Crippen LogP contribution in [0.4, 0.5) is 8.78 Å². The van der Waals surface area contributed by atoms with Gasteiger partial charge in [0.1, 0.15) is 4.90 Å². The lowest BCUT2D eigenvalue weighted by Gasteiger charge is -2.21. The number of hydrogen-bond acceptors (Lipinski definition) is 3. The Kier molecular flexibility index (Phi) is 5.46. The number of halogens is 2. The van der Waals surface area contributed by atoms with E-state index >= 15 is 0 Å². The summed E-state index contributed by atoms with van der Waals surface area (Å²) in [5.41, 5.74) is -0.412. The number of sulfonamides is 1. The van der Waals surface area contributed by atoms with Gasteiger partial charge in [0.05, 0.1) is 0 Å². The Morgan fingerprint density at radius 1 is 1.19 bits per heavy atom. The summed E-state index contributed by atoms with van der Waals surface area (Å²) in [4.78, 5) is -0.669. The average molecular weight is 320 g/mol. The number of rotatable bonds is 5. The van der Waals surface area contributed by atoms with Gasteiger partial charge in [-0.3, -0.25) is 0 Å². The van der Waals surface area contributed by atoms with E-state index in [4.69, 9.17) is 0 Å². The lowest BCUT2D eigenvalue weighted by molar-refractivity contribution is 0.465. The summed E-state index contributed by atoms with van der Waals surface area (Å²) in [6.07, 6.45) is 0. The molecular weight excluding hydrogens is 298 g/mol. The standard InChI is InChI=1S/C14H22F2N2O2S/c1-9(2)17-8-10-6-11(15)13(16)12(7-10)21(19,20)18-14(3,4)5/h6-7,9,17-18H,8H2,1-5H3. The van der Waals surface area contributed by atoms with Crippen molar-refractivity contribution in [2.45, 2.75) is 57.6 Å².